The SMILES string of the molecule is Cc1nc(N2CCC(C(=O)N3CCC[C@H](OCc4ccccc4)C3)CC2)nc2ccccc12. The number of ether oxygens (including phenoxy) is 1. The average molecular weight is 445 g/mol. The quantitative estimate of drug-likeness (QED) is 0.585. The van der Waals surface area contributed by atoms with Gasteiger partial charge in [-0.05, 0) is 44.2 Å². The molecule has 3 heterocycles. The summed E-state index contributed by atoms with van der Waals surface area (Å²) in [5.74, 6) is 1.15. The van der Waals surface area contributed by atoms with Gasteiger partial charge < -0.3 is 14.5 Å². The van der Waals surface area contributed by atoms with E-state index < -0.39 is 0 Å². The maximum Gasteiger partial charge on any atom is 0.226 e. The Balaban J connectivity index is 1.16. The number of nitrogens with zero attached hydrogens (tertiary/aromatic N) is 4. The molecule has 0 saturated carbocycles. The summed E-state index contributed by atoms with van der Waals surface area (Å²) in [5.41, 5.74) is 3.16. The first-order chi connectivity index (χ1) is 16.2. The van der Waals surface area contributed by atoms with E-state index in [-0.39, 0.29) is 12.0 Å². The number of fused-ring (bicyclic) bond motifs is 1. The number of para-hydroxylation sites is 1. The van der Waals surface area contributed by atoms with E-state index >= 15 is 0 Å². The molecule has 0 aliphatic carbocycles. The first-order valence-corrected chi connectivity index (χ1v) is 12.1. The van der Waals surface area contributed by atoms with Crippen LogP contribution >= 0.6 is 0 Å². The molecule has 5 rings (SSSR count). The summed E-state index contributed by atoms with van der Waals surface area (Å²) in [6.45, 7) is 5.83. The average Bonchev–Trinajstić information content (AvgIpc) is 2.88. The van der Waals surface area contributed by atoms with E-state index in [4.69, 9.17) is 14.7 Å². The van der Waals surface area contributed by atoms with E-state index in [1.807, 2.05) is 48.2 Å². The largest absolute Gasteiger partial charge is 0.372 e. The minimum atomic E-state index is 0.0793. The van der Waals surface area contributed by atoms with Gasteiger partial charge in [-0.3, -0.25) is 4.79 Å². The van der Waals surface area contributed by atoms with Gasteiger partial charge in [0.15, 0.2) is 0 Å². The predicted octanol–water partition coefficient (Wildman–Crippen LogP) is 4.36. The van der Waals surface area contributed by atoms with Gasteiger partial charge in [0, 0.05) is 37.5 Å². The second kappa shape index (κ2) is 9.87. The number of hydrogen-bond donors (Lipinski definition) is 0. The molecule has 0 N–H and O–H groups in total. The number of piperidine rings is 2. The number of aromatic nitrogens is 2. The number of amides is 1. The number of benzene rings is 2. The lowest BCUT2D eigenvalue weighted by atomic mass is 9.94. The molecule has 0 spiro atoms. The van der Waals surface area contributed by atoms with Crippen LogP contribution in [-0.2, 0) is 16.1 Å². The molecule has 0 unspecified atom stereocenters. The van der Waals surface area contributed by atoms with Gasteiger partial charge >= 0.3 is 0 Å². The van der Waals surface area contributed by atoms with Crippen LogP contribution in [0.2, 0.25) is 0 Å². The molecule has 172 valence electrons. The van der Waals surface area contributed by atoms with Crippen LogP contribution in [0.4, 0.5) is 5.95 Å². The van der Waals surface area contributed by atoms with Crippen molar-refractivity contribution in [3.8, 4) is 0 Å². The van der Waals surface area contributed by atoms with Crippen LogP contribution in [0.3, 0.4) is 0 Å². The van der Waals surface area contributed by atoms with Crippen molar-refractivity contribution in [1.82, 2.24) is 14.9 Å². The van der Waals surface area contributed by atoms with Gasteiger partial charge in [-0.2, -0.15) is 0 Å². The topological polar surface area (TPSA) is 58.6 Å². The lowest BCUT2D eigenvalue weighted by Crippen LogP contribution is -2.48. The van der Waals surface area contributed by atoms with Crippen molar-refractivity contribution in [2.24, 2.45) is 5.92 Å². The maximum atomic E-state index is 13.3. The van der Waals surface area contributed by atoms with E-state index in [0.29, 0.717) is 19.1 Å². The van der Waals surface area contributed by atoms with Crippen LogP contribution < -0.4 is 4.90 Å². The Morgan fingerprint density at radius 1 is 0.970 bits per heavy atom. The minimum absolute atomic E-state index is 0.0793. The van der Waals surface area contributed by atoms with Crippen molar-refractivity contribution < 1.29 is 9.53 Å². The van der Waals surface area contributed by atoms with Crippen LogP contribution in [0.25, 0.3) is 10.9 Å². The summed E-state index contributed by atoms with van der Waals surface area (Å²) in [5, 5.41) is 1.10. The molecule has 0 bridgehead atoms. The molecule has 2 saturated heterocycles. The molecule has 3 aromatic rings. The second-order valence-electron chi connectivity index (χ2n) is 9.23. The molecule has 6 nitrogen and oxygen atoms in total. The number of rotatable bonds is 5. The number of hydrogen-bond acceptors (Lipinski definition) is 5. The summed E-state index contributed by atoms with van der Waals surface area (Å²) in [7, 11) is 0. The Hall–Kier alpha value is -2.99. The summed E-state index contributed by atoms with van der Waals surface area (Å²) in [6.07, 6.45) is 3.85. The summed E-state index contributed by atoms with van der Waals surface area (Å²) >= 11 is 0. The first kappa shape index (κ1) is 21.8. The second-order valence-corrected chi connectivity index (χ2v) is 9.23. The fourth-order valence-corrected chi connectivity index (χ4v) is 5.01. The fraction of sp³-hybridized carbons (Fsp3) is 0.444. The molecule has 1 aromatic heterocycles. The van der Waals surface area contributed by atoms with E-state index in [2.05, 4.69) is 23.1 Å². The zero-order valence-corrected chi connectivity index (χ0v) is 19.3. The number of aryl methyl sites for hydroxylation is 1. The van der Waals surface area contributed by atoms with Crippen molar-refractivity contribution in [2.75, 3.05) is 31.1 Å². The van der Waals surface area contributed by atoms with Crippen molar-refractivity contribution in [2.45, 2.75) is 45.3 Å². The Labute approximate surface area is 195 Å². The molecule has 1 atom stereocenters. The third-order valence-electron chi connectivity index (χ3n) is 6.93. The smallest absolute Gasteiger partial charge is 0.226 e. The van der Waals surface area contributed by atoms with Crippen LogP contribution in [-0.4, -0.2) is 53.1 Å². The molecular formula is C27H32N4O2. The normalized spacial score (nSPS) is 19.7. The molecule has 6 heteroatoms. The summed E-state index contributed by atoms with van der Waals surface area (Å²) < 4.78 is 6.14. The Morgan fingerprint density at radius 3 is 2.55 bits per heavy atom. The molecule has 2 aromatic carbocycles. The predicted molar refractivity (Wildman–Crippen MR) is 130 cm³/mol. The zero-order valence-electron chi connectivity index (χ0n) is 19.3. The maximum absolute atomic E-state index is 13.3. The highest BCUT2D eigenvalue weighted by Gasteiger charge is 2.32. The van der Waals surface area contributed by atoms with E-state index in [9.17, 15) is 4.79 Å². The highest BCUT2D eigenvalue weighted by Crippen LogP contribution is 2.26. The third-order valence-corrected chi connectivity index (χ3v) is 6.93. The standard InChI is InChI=1S/C27H32N4O2/c1-20-24-11-5-6-12-25(24)29-27(28-20)30-16-13-22(14-17-30)26(32)31-15-7-10-23(18-31)33-19-21-8-3-2-4-9-21/h2-6,8-9,11-12,22-23H,7,10,13-19H2,1H3/t23-/m0/s1. The van der Waals surface area contributed by atoms with E-state index in [0.717, 1.165) is 67.9 Å². The Morgan fingerprint density at radius 2 is 1.73 bits per heavy atom. The lowest BCUT2D eigenvalue weighted by molar-refractivity contribution is -0.140. The van der Waals surface area contributed by atoms with Crippen LogP contribution in [0.15, 0.2) is 54.6 Å². The Bertz CT molecular complexity index is 1100. The fourth-order valence-electron chi connectivity index (χ4n) is 5.01. The van der Waals surface area contributed by atoms with Crippen molar-refractivity contribution in [3.63, 3.8) is 0 Å². The molecule has 33 heavy (non-hydrogen) atoms. The molecular weight excluding hydrogens is 412 g/mol. The van der Waals surface area contributed by atoms with E-state index in [1.165, 1.54) is 5.56 Å². The highest BCUT2D eigenvalue weighted by molar-refractivity contribution is 5.82. The number of anilines is 1. The van der Waals surface area contributed by atoms with Gasteiger partial charge in [-0.1, -0.05) is 48.5 Å². The third kappa shape index (κ3) is 5.01. The van der Waals surface area contributed by atoms with Gasteiger partial charge in [-0.15, -0.1) is 0 Å². The van der Waals surface area contributed by atoms with Gasteiger partial charge in [0.2, 0.25) is 11.9 Å². The van der Waals surface area contributed by atoms with Gasteiger partial charge in [0.1, 0.15) is 0 Å². The van der Waals surface area contributed by atoms with Gasteiger partial charge in [0.05, 0.1) is 23.9 Å². The molecule has 2 aliphatic heterocycles. The summed E-state index contributed by atoms with van der Waals surface area (Å²) in [4.78, 5) is 27.1. The Kier molecular flexibility index (Phi) is 6.53. The zero-order chi connectivity index (χ0) is 22.6. The van der Waals surface area contributed by atoms with Gasteiger partial charge in [-0.25, -0.2) is 9.97 Å². The molecule has 1 amide bonds. The van der Waals surface area contributed by atoms with Crippen molar-refractivity contribution in [1.29, 1.82) is 0 Å². The molecule has 2 fully saturated rings. The van der Waals surface area contributed by atoms with Crippen LogP contribution in [0.5, 0.6) is 0 Å². The molecule has 0 radical (unpaired) electrons. The number of carbonyl (C=O) groups excluding carboxylic acids is 1. The number of carbonyl (C=O) groups is 1. The monoisotopic (exact) mass is 444 g/mol. The first-order valence-electron chi connectivity index (χ1n) is 12.1. The highest BCUT2D eigenvalue weighted by atomic mass is 16.5. The lowest BCUT2D eigenvalue weighted by Gasteiger charge is -2.37. The van der Waals surface area contributed by atoms with Gasteiger partial charge in [0.25, 0.3) is 0 Å². The van der Waals surface area contributed by atoms with Crippen molar-refractivity contribution in [3.05, 3.63) is 65.9 Å². The minimum Gasteiger partial charge on any atom is -0.372 e. The molecule has 2 aliphatic rings. The van der Waals surface area contributed by atoms with Crippen molar-refractivity contribution >= 4 is 22.8 Å². The van der Waals surface area contributed by atoms with Crippen LogP contribution in [0, 0.1) is 12.8 Å². The van der Waals surface area contributed by atoms with Crippen LogP contribution in [0.1, 0.15) is 36.9 Å². The van der Waals surface area contributed by atoms with E-state index in [1.54, 1.807) is 0 Å². The summed E-state index contributed by atoms with van der Waals surface area (Å²) in [6, 6.07) is 18.4. The number of likely N-dealkylation sites (tertiary alicyclic amines) is 1.